The van der Waals surface area contributed by atoms with Crippen LogP contribution < -0.4 is 4.90 Å². The van der Waals surface area contributed by atoms with Crippen molar-refractivity contribution in [3.05, 3.63) is 71.4 Å². The fourth-order valence-corrected chi connectivity index (χ4v) is 5.88. The van der Waals surface area contributed by atoms with Gasteiger partial charge in [0.15, 0.2) is 0 Å². The highest BCUT2D eigenvalue weighted by atomic mass is 32.1. The molecule has 0 bridgehead atoms. The standard InChI is InChI=1S/C26H27N5OS/c1-18-6-8-20(9-7-18)23-17-31-25(27-23)33-26(28-31)29-13-11-21(12-14-29)24(32)30-15-10-19-4-2-3-5-22(19)16-30/h2-9,17,21H,10-16H2,1H3. The molecule has 0 spiro atoms. The molecule has 0 unspecified atom stereocenters. The van der Waals surface area contributed by atoms with Crippen molar-refractivity contribution < 1.29 is 4.79 Å². The first kappa shape index (κ1) is 20.4. The van der Waals surface area contributed by atoms with Gasteiger partial charge < -0.3 is 9.80 Å². The number of hydrogen-bond acceptors (Lipinski definition) is 5. The van der Waals surface area contributed by atoms with Crippen LogP contribution in [0.5, 0.6) is 0 Å². The molecule has 2 aliphatic heterocycles. The molecule has 33 heavy (non-hydrogen) atoms. The van der Waals surface area contributed by atoms with Gasteiger partial charge in [-0.1, -0.05) is 65.4 Å². The highest BCUT2D eigenvalue weighted by Gasteiger charge is 2.31. The van der Waals surface area contributed by atoms with Crippen LogP contribution in [-0.4, -0.2) is 45.0 Å². The zero-order valence-electron chi connectivity index (χ0n) is 18.8. The molecule has 4 aromatic rings. The van der Waals surface area contributed by atoms with Gasteiger partial charge in [0, 0.05) is 37.7 Å². The molecule has 0 saturated carbocycles. The molecule has 2 aromatic heterocycles. The Hall–Kier alpha value is -3.19. The van der Waals surface area contributed by atoms with Crippen LogP contribution in [0, 0.1) is 12.8 Å². The molecule has 7 heteroatoms. The molecule has 1 fully saturated rings. The number of aromatic nitrogens is 3. The van der Waals surface area contributed by atoms with E-state index in [9.17, 15) is 4.79 Å². The van der Waals surface area contributed by atoms with E-state index in [4.69, 9.17) is 10.1 Å². The van der Waals surface area contributed by atoms with E-state index in [1.165, 1.54) is 16.7 Å². The van der Waals surface area contributed by atoms with Crippen LogP contribution in [0.25, 0.3) is 16.2 Å². The fraction of sp³-hybridized carbons (Fsp3) is 0.346. The summed E-state index contributed by atoms with van der Waals surface area (Å²) in [6, 6.07) is 16.9. The number of hydrogen-bond donors (Lipinski definition) is 0. The maximum Gasteiger partial charge on any atom is 0.226 e. The minimum atomic E-state index is 0.115. The van der Waals surface area contributed by atoms with E-state index in [0.29, 0.717) is 5.91 Å². The molecule has 1 saturated heterocycles. The Morgan fingerprint density at radius 3 is 2.52 bits per heavy atom. The Balaban J connectivity index is 1.10. The zero-order valence-corrected chi connectivity index (χ0v) is 19.6. The third-order valence-electron chi connectivity index (χ3n) is 6.94. The third-order valence-corrected chi connectivity index (χ3v) is 7.92. The monoisotopic (exact) mass is 457 g/mol. The number of nitrogens with zero attached hydrogens (tertiary/aromatic N) is 5. The number of piperidine rings is 1. The first-order valence-electron chi connectivity index (χ1n) is 11.7. The summed E-state index contributed by atoms with van der Waals surface area (Å²) in [7, 11) is 0. The third kappa shape index (κ3) is 3.91. The maximum atomic E-state index is 13.2. The van der Waals surface area contributed by atoms with Gasteiger partial charge in [0.25, 0.3) is 0 Å². The summed E-state index contributed by atoms with van der Waals surface area (Å²) in [6.07, 6.45) is 4.73. The summed E-state index contributed by atoms with van der Waals surface area (Å²) in [5.41, 5.74) is 5.99. The van der Waals surface area contributed by atoms with Crippen molar-refractivity contribution in [3.8, 4) is 11.3 Å². The molecule has 0 atom stereocenters. The number of aryl methyl sites for hydroxylation is 1. The van der Waals surface area contributed by atoms with Crippen molar-refractivity contribution in [2.45, 2.75) is 32.7 Å². The predicted octanol–water partition coefficient (Wildman–Crippen LogP) is 4.57. The normalized spacial score (nSPS) is 16.9. The summed E-state index contributed by atoms with van der Waals surface area (Å²) in [5.74, 6) is 0.435. The number of benzene rings is 2. The molecule has 2 aromatic carbocycles. The van der Waals surface area contributed by atoms with Gasteiger partial charge in [-0.2, -0.15) is 0 Å². The maximum absolute atomic E-state index is 13.2. The van der Waals surface area contributed by atoms with Gasteiger partial charge in [0.05, 0.1) is 11.9 Å². The van der Waals surface area contributed by atoms with Gasteiger partial charge in [0.1, 0.15) is 0 Å². The van der Waals surface area contributed by atoms with Crippen LogP contribution in [0.2, 0.25) is 0 Å². The van der Waals surface area contributed by atoms with Gasteiger partial charge >= 0.3 is 0 Å². The average Bonchev–Trinajstić information content (AvgIpc) is 3.44. The molecule has 2 aliphatic rings. The predicted molar refractivity (Wildman–Crippen MR) is 132 cm³/mol. The van der Waals surface area contributed by atoms with Crippen molar-refractivity contribution in [1.29, 1.82) is 0 Å². The van der Waals surface area contributed by atoms with E-state index in [-0.39, 0.29) is 5.92 Å². The highest BCUT2D eigenvalue weighted by molar-refractivity contribution is 7.20. The second-order valence-electron chi connectivity index (χ2n) is 9.14. The molecule has 6 nitrogen and oxygen atoms in total. The Morgan fingerprint density at radius 1 is 1.00 bits per heavy atom. The van der Waals surface area contributed by atoms with Crippen molar-refractivity contribution >= 4 is 27.3 Å². The number of carbonyl (C=O) groups is 1. The number of imidazole rings is 1. The Morgan fingerprint density at radius 2 is 1.76 bits per heavy atom. The van der Waals surface area contributed by atoms with Crippen LogP contribution in [-0.2, 0) is 17.8 Å². The van der Waals surface area contributed by atoms with Gasteiger partial charge in [-0.3, -0.25) is 4.79 Å². The van der Waals surface area contributed by atoms with Crippen LogP contribution in [0.3, 0.4) is 0 Å². The first-order chi connectivity index (χ1) is 16.1. The zero-order chi connectivity index (χ0) is 22.4. The lowest BCUT2D eigenvalue weighted by molar-refractivity contribution is -0.137. The largest absolute Gasteiger partial charge is 0.347 e. The summed E-state index contributed by atoms with van der Waals surface area (Å²) in [4.78, 5) is 23.2. The van der Waals surface area contributed by atoms with E-state index in [1.807, 2.05) is 10.7 Å². The fourth-order valence-electron chi connectivity index (χ4n) is 4.94. The molecular formula is C26H27N5OS. The molecule has 6 rings (SSSR count). The van der Waals surface area contributed by atoms with Crippen molar-refractivity contribution in [1.82, 2.24) is 19.5 Å². The molecule has 4 heterocycles. The smallest absolute Gasteiger partial charge is 0.226 e. The average molecular weight is 458 g/mol. The number of amides is 1. The van der Waals surface area contributed by atoms with Gasteiger partial charge in [-0.05, 0) is 37.3 Å². The number of fused-ring (bicyclic) bond motifs is 2. The van der Waals surface area contributed by atoms with Crippen LogP contribution in [0.1, 0.15) is 29.5 Å². The van der Waals surface area contributed by atoms with E-state index in [0.717, 1.165) is 66.8 Å². The van der Waals surface area contributed by atoms with E-state index in [1.54, 1.807) is 11.3 Å². The van der Waals surface area contributed by atoms with E-state index in [2.05, 4.69) is 65.3 Å². The number of rotatable bonds is 3. The number of anilines is 1. The highest BCUT2D eigenvalue weighted by Crippen LogP contribution is 2.31. The topological polar surface area (TPSA) is 53.7 Å². The van der Waals surface area contributed by atoms with Crippen LogP contribution in [0.15, 0.2) is 54.7 Å². The number of carbonyl (C=O) groups excluding carboxylic acids is 1. The van der Waals surface area contributed by atoms with Crippen molar-refractivity contribution in [3.63, 3.8) is 0 Å². The summed E-state index contributed by atoms with van der Waals surface area (Å²) >= 11 is 1.62. The molecule has 0 aliphatic carbocycles. The van der Waals surface area contributed by atoms with Gasteiger partial charge in [-0.15, -0.1) is 5.10 Å². The lowest BCUT2D eigenvalue weighted by Gasteiger charge is -2.36. The van der Waals surface area contributed by atoms with E-state index >= 15 is 0 Å². The summed E-state index contributed by atoms with van der Waals surface area (Å²) in [5, 5.41) is 5.78. The molecular weight excluding hydrogens is 430 g/mol. The SMILES string of the molecule is Cc1ccc(-c2cn3nc(N4CCC(C(=O)N5CCc6ccccc6C5)CC4)sc3n2)cc1. The second-order valence-corrected chi connectivity index (χ2v) is 10.1. The second kappa shape index (κ2) is 8.30. The van der Waals surface area contributed by atoms with Crippen molar-refractivity contribution in [2.24, 2.45) is 5.92 Å². The van der Waals surface area contributed by atoms with Crippen LogP contribution >= 0.6 is 11.3 Å². The minimum Gasteiger partial charge on any atom is -0.347 e. The van der Waals surface area contributed by atoms with Crippen LogP contribution in [0.4, 0.5) is 5.13 Å². The molecule has 0 radical (unpaired) electrons. The Labute approximate surface area is 197 Å². The molecule has 168 valence electrons. The molecule has 0 N–H and O–H groups in total. The van der Waals surface area contributed by atoms with Crippen molar-refractivity contribution in [2.75, 3.05) is 24.5 Å². The van der Waals surface area contributed by atoms with E-state index < -0.39 is 0 Å². The quantitative estimate of drug-likeness (QED) is 0.452. The lowest BCUT2D eigenvalue weighted by atomic mass is 9.93. The summed E-state index contributed by atoms with van der Waals surface area (Å²) < 4.78 is 1.89. The first-order valence-corrected chi connectivity index (χ1v) is 12.5. The Kier molecular flexibility index (Phi) is 5.14. The summed E-state index contributed by atoms with van der Waals surface area (Å²) in [6.45, 7) is 5.40. The van der Waals surface area contributed by atoms with Gasteiger partial charge in [-0.25, -0.2) is 9.50 Å². The molecule has 1 amide bonds. The lowest BCUT2D eigenvalue weighted by Crippen LogP contribution is -2.44. The van der Waals surface area contributed by atoms with Gasteiger partial charge in [0.2, 0.25) is 16.0 Å². The Bertz CT molecular complexity index is 1270. The minimum absolute atomic E-state index is 0.115.